The third-order valence-electron chi connectivity index (χ3n) is 2.05. The molecule has 0 aliphatic rings. The fraction of sp³-hybridized carbons (Fsp3) is 0.200. The molecule has 6 heteroatoms. The molecule has 1 aromatic carbocycles. The monoisotopic (exact) mass is 223 g/mol. The Kier molecular flexibility index (Phi) is 3.34. The largest absolute Gasteiger partial charge is 0.490 e. The molecule has 0 fully saturated rings. The Bertz CT molecular complexity index is 467. The summed E-state index contributed by atoms with van der Waals surface area (Å²) in [5.41, 5.74) is -0.508. The van der Waals surface area contributed by atoms with Gasteiger partial charge in [0.25, 0.3) is 0 Å². The van der Waals surface area contributed by atoms with E-state index in [0.29, 0.717) is 6.29 Å². The standard InChI is InChI=1S/C10H9NO5/c1-6(13)8-4-3-7(5-12)10(16-2)9(8)11(14)15/h3-5H,1-2H3. The third kappa shape index (κ3) is 1.90. The van der Waals surface area contributed by atoms with Crippen LogP contribution in [0.5, 0.6) is 5.75 Å². The van der Waals surface area contributed by atoms with Crippen molar-refractivity contribution >= 4 is 17.8 Å². The van der Waals surface area contributed by atoms with Gasteiger partial charge in [0.05, 0.1) is 23.2 Å². The fourth-order valence-corrected chi connectivity index (χ4v) is 1.36. The molecule has 84 valence electrons. The number of nitro benzene ring substituents is 1. The van der Waals surface area contributed by atoms with Crippen molar-refractivity contribution in [1.82, 2.24) is 0 Å². The van der Waals surface area contributed by atoms with Crippen molar-refractivity contribution < 1.29 is 19.2 Å². The third-order valence-corrected chi connectivity index (χ3v) is 2.05. The SMILES string of the molecule is COc1c(C=O)ccc(C(C)=O)c1[N+](=O)[O-]. The average molecular weight is 223 g/mol. The lowest BCUT2D eigenvalue weighted by Gasteiger charge is -2.06. The van der Waals surface area contributed by atoms with Gasteiger partial charge in [-0.15, -0.1) is 0 Å². The highest BCUT2D eigenvalue weighted by Crippen LogP contribution is 2.33. The van der Waals surface area contributed by atoms with Gasteiger partial charge >= 0.3 is 5.69 Å². The molecule has 0 unspecified atom stereocenters. The first-order valence-electron chi connectivity index (χ1n) is 4.34. The number of methoxy groups -OCH3 is 1. The summed E-state index contributed by atoms with van der Waals surface area (Å²) in [7, 11) is 1.21. The van der Waals surface area contributed by atoms with E-state index in [1.54, 1.807) is 0 Å². The summed E-state index contributed by atoms with van der Waals surface area (Å²) in [6.45, 7) is 1.21. The number of rotatable bonds is 4. The smallest absolute Gasteiger partial charge is 0.322 e. The van der Waals surface area contributed by atoms with Crippen LogP contribution in [0.3, 0.4) is 0 Å². The van der Waals surface area contributed by atoms with Gasteiger partial charge in [-0.05, 0) is 19.1 Å². The maximum atomic E-state index is 11.2. The molecule has 0 N–H and O–H groups in total. The van der Waals surface area contributed by atoms with E-state index in [0.717, 1.165) is 0 Å². The summed E-state index contributed by atoms with van der Waals surface area (Å²) in [5, 5.41) is 10.8. The van der Waals surface area contributed by atoms with Crippen LogP contribution >= 0.6 is 0 Å². The van der Waals surface area contributed by atoms with E-state index in [4.69, 9.17) is 4.74 Å². The van der Waals surface area contributed by atoms with Gasteiger partial charge in [0.15, 0.2) is 12.1 Å². The molecule has 0 bridgehead atoms. The van der Waals surface area contributed by atoms with E-state index in [-0.39, 0.29) is 16.9 Å². The van der Waals surface area contributed by atoms with Crippen LogP contribution in [0.25, 0.3) is 0 Å². The van der Waals surface area contributed by atoms with Crippen LogP contribution in [0, 0.1) is 10.1 Å². The zero-order chi connectivity index (χ0) is 12.3. The minimum Gasteiger partial charge on any atom is -0.490 e. The van der Waals surface area contributed by atoms with E-state index >= 15 is 0 Å². The summed E-state index contributed by atoms with van der Waals surface area (Å²) >= 11 is 0. The van der Waals surface area contributed by atoms with Gasteiger partial charge in [-0.3, -0.25) is 19.7 Å². The number of carbonyl (C=O) groups excluding carboxylic acids is 2. The molecule has 1 rings (SSSR count). The second-order valence-corrected chi connectivity index (χ2v) is 3.02. The van der Waals surface area contributed by atoms with Gasteiger partial charge in [0.1, 0.15) is 0 Å². The van der Waals surface area contributed by atoms with E-state index in [2.05, 4.69) is 0 Å². The molecule has 0 heterocycles. The summed E-state index contributed by atoms with van der Waals surface area (Å²) in [6, 6.07) is 2.56. The van der Waals surface area contributed by atoms with Crippen LogP contribution < -0.4 is 4.74 Å². The fourth-order valence-electron chi connectivity index (χ4n) is 1.36. The predicted octanol–water partition coefficient (Wildman–Crippen LogP) is 1.62. The first-order chi connectivity index (χ1) is 7.52. The molecule has 0 aliphatic heterocycles. The Labute approximate surface area is 91.0 Å². The molecule has 0 saturated carbocycles. The maximum absolute atomic E-state index is 11.2. The van der Waals surface area contributed by atoms with Gasteiger partial charge in [-0.25, -0.2) is 0 Å². The molecule has 0 saturated heterocycles. The Hall–Kier alpha value is -2.24. The molecular weight excluding hydrogens is 214 g/mol. The number of ether oxygens (including phenoxy) is 1. The highest BCUT2D eigenvalue weighted by Gasteiger charge is 2.26. The summed E-state index contributed by atoms with van der Waals surface area (Å²) < 4.78 is 4.79. The minimum atomic E-state index is -0.734. The second-order valence-electron chi connectivity index (χ2n) is 3.02. The number of nitro groups is 1. The van der Waals surface area contributed by atoms with Crippen LogP contribution in [0.1, 0.15) is 27.6 Å². The van der Waals surface area contributed by atoms with Crippen molar-refractivity contribution in [1.29, 1.82) is 0 Å². The lowest BCUT2D eigenvalue weighted by atomic mass is 10.1. The van der Waals surface area contributed by atoms with Crippen LogP contribution in [-0.4, -0.2) is 24.1 Å². The highest BCUT2D eigenvalue weighted by molar-refractivity contribution is 6.01. The van der Waals surface area contributed by atoms with Crippen LogP contribution in [0.4, 0.5) is 5.69 Å². The van der Waals surface area contributed by atoms with Gasteiger partial charge in [0.2, 0.25) is 5.75 Å². The number of hydrogen-bond donors (Lipinski definition) is 0. The summed E-state index contributed by atoms with van der Waals surface area (Å²) in [4.78, 5) is 31.9. The molecule has 0 aromatic heterocycles. The number of aldehydes is 1. The number of carbonyl (C=O) groups is 2. The molecule has 1 aromatic rings. The van der Waals surface area contributed by atoms with Gasteiger partial charge < -0.3 is 4.74 Å². The Morgan fingerprint density at radius 1 is 1.50 bits per heavy atom. The summed E-state index contributed by atoms with van der Waals surface area (Å²) in [5.74, 6) is -0.643. The maximum Gasteiger partial charge on any atom is 0.322 e. The number of nitrogens with zero attached hydrogens (tertiary/aromatic N) is 1. The van der Waals surface area contributed by atoms with E-state index in [1.807, 2.05) is 0 Å². The quantitative estimate of drug-likeness (QED) is 0.335. The first kappa shape index (κ1) is 11.8. The van der Waals surface area contributed by atoms with Crippen LogP contribution in [0.15, 0.2) is 12.1 Å². The topological polar surface area (TPSA) is 86.5 Å². The molecule has 0 atom stereocenters. The second kappa shape index (κ2) is 4.52. The normalized spacial score (nSPS) is 9.62. The van der Waals surface area contributed by atoms with Crippen molar-refractivity contribution in [2.45, 2.75) is 6.92 Å². The van der Waals surface area contributed by atoms with Gasteiger partial charge in [0, 0.05) is 0 Å². The number of Topliss-reactive ketones (excluding diaryl/α,β-unsaturated/α-hetero) is 1. The molecule has 16 heavy (non-hydrogen) atoms. The molecule has 0 spiro atoms. The number of hydrogen-bond acceptors (Lipinski definition) is 5. The highest BCUT2D eigenvalue weighted by atomic mass is 16.6. The lowest BCUT2D eigenvalue weighted by molar-refractivity contribution is -0.386. The van der Waals surface area contributed by atoms with Crippen molar-refractivity contribution in [2.75, 3.05) is 7.11 Å². The van der Waals surface area contributed by atoms with E-state index in [9.17, 15) is 19.7 Å². The zero-order valence-electron chi connectivity index (χ0n) is 8.72. The minimum absolute atomic E-state index is 0.0409. The van der Waals surface area contributed by atoms with Crippen LogP contribution in [0.2, 0.25) is 0 Å². The molecular formula is C10H9NO5. The predicted molar refractivity (Wildman–Crippen MR) is 55.0 cm³/mol. The summed E-state index contributed by atoms with van der Waals surface area (Å²) in [6.07, 6.45) is 0.440. The number of ketones is 1. The van der Waals surface area contributed by atoms with E-state index < -0.39 is 16.4 Å². The van der Waals surface area contributed by atoms with Crippen molar-refractivity contribution in [3.8, 4) is 5.75 Å². The van der Waals surface area contributed by atoms with Gasteiger partial charge in [-0.2, -0.15) is 0 Å². The van der Waals surface area contributed by atoms with Crippen molar-refractivity contribution in [3.05, 3.63) is 33.4 Å². The Balaban J connectivity index is 3.63. The Morgan fingerprint density at radius 2 is 2.12 bits per heavy atom. The lowest BCUT2D eigenvalue weighted by Crippen LogP contribution is -2.04. The molecule has 6 nitrogen and oxygen atoms in total. The zero-order valence-corrected chi connectivity index (χ0v) is 8.72. The molecule has 0 radical (unpaired) electrons. The van der Waals surface area contributed by atoms with E-state index in [1.165, 1.54) is 26.2 Å². The van der Waals surface area contributed by atoms with Crippen molar-refractivity contribution in [3.63, 3.8) is 0 Å². The number of benzene rings is 1. The first-order valence-corrected chi connectivity index (χ1v) is 4.34. The molecule has 0 amide bonds. The Morgan fingerprint density at radius 3 is 2.50 bits per heavy atom. The van der Waals surface area contributed by atoms with Gasteiger partial charge in [-0.1, -0.05) is 0 Å². The average Bonchev–Trinajstić information content (AvgIpc) is 2.26. The van der Waals surface area contributed by atoms with Crippen molar-refractivity contribution in [2.24, 2.45) is 0 Å². The van der Waals surface area contributed by atoms with Crippen LogP contribution in [-0.2, 0) is 0 Å². The molecule has 0 aliphatic carbocycles.